The first-order chi connectivity index (χ1) is 9.79. The van der Waals surface area contributed by atoms with Gasteiger partial charge < -0.3 is 10.6 Å². The number of carbonyl (C=O) groups is 1. The third-order valence-corrected chi connectivity index (χ3v) is 2.75. The number of anilines is 1. The second-order valence-corrected chi connectivity index (χ2v) is 4.38. The zero-order chi connectivity index (χ0) is 14.2. The van der Waals surface area contributed by atoms with E-state index in [1.165, 1.54) is 6.33 Å². The molecule has 0 spiro atoms. The fourth-order valence-corrected chi connectivity index (χ4v) is 1.70. The highest BCUT2D eigenvalue weighted by Crippen LogP contribution is 2.07. The van der Waals surface area contributed by atoms with Gasteiger partial charge in [0.2, 0.25) is 0 Å². The molecule has 1 aromatic carbocycles. The predicted octanol–water partition coefficient (Wildman–Crippen LogP) is 2.23. The van der Waals surface area contributed by atoms with Crippen LogP contribution in [0.3, 0.4) is 0 Å². The minimum absolute atomic E-state index is 0.169. The van der Waals surface area contributed by atoms with Gasteiger partial charge in [0.15, 0.2) is 0 Å². The van der Waals surface area contributed by atoms with Crippen LogP contribution in [0.2, 0.25) is 0 Å². The summed E-state index contributed by atoms with van der Waals surface area (Å²) >= 11 is 0. The standard InChI is InChI=1S/C15H18N4O/c1-2-8-16-15(20)13-9-14(19-11-18-13)17-10-12-6-4-3-5-7-12/h3-7,9,11H,2,8,10H2,1H3,(H,16,20)(H,17,18,19). The Morgan fingerprint density at radius 2 is 2.00 bits per heavy atom. The highest BCUT2D eigenvalue weighted by molar-refractivity contribution is 5.92. The molecule has 1 aromatic heterocycles. The quantitative estimate of drug-likeness (QED) is 0.844. The van der Waals surface area contributed by atoms with Gasteiger partial charge in [-0.1, -0.05) is 37.3 Å². The molecule has 5 heteroatoms. The van der Waals surface area contributed by atoms with Gasteiger partial charge in [0.25, 0.3) is 5.91 Å². The van der Waals surface area contributed by atoms with E-state index in [2.05, 4.69) is 20.6 Å². The molecular weight excluding hydrogens is 252 g/mol. The van der Waals surface area contributed by atoms with Crippen LogP contribution in [-0.4, -0.2) is 22.4 Å². The van der Waals surface area contributed by atoms with Crippen LogP contribution in [0, 0.1) is 0 Å². The van der Waals surface area contributed by atoms with Gasteiger partial charge in [0.05, 0.1) is 0 Å². The second kappa shape index (κ2) is 7.23. The molecule has 0 bridgehead atoms. The first kappa shape index (κ1) is 14.0. The number of aromatic nitrogens is 2. The highest BCUT2D eigenvalue weighted by atomic mass is 16.1. The molecule has 2 N–H and O–H groups in total. The number of nitrogens with zero attached hydrogens (tertiary/aromatic N) is 2. The van der Waals surface area contributed by atoms with Gasteiger partial charge in [-0.25, -0.2) is 9.97 Å². The third kappa shape index (κ3) is 4.05. The van der Waals surface area contributed by atoms with Crippen molar-refractivity contribution in [3.05, 3.63) is 54.0 Å². The van der Waals surface area contributed by atoms with Gasteiger partial charge >= 0.3 is 0 Å². The van der Waals surface area contributed by atoms with Gasteiger partial charge in [-0.05, 0) is 12.0 Å². The lowest BCUT2D eigenvalue weighted by Crippen LogP contribution is -2.25. The Hall–Kier alpha value is -2.43. The van der Waals surface area contributed by atoms with Gasteiger partial charge in [0.1, 0.15) is 17.8 Å². The second-order valence-electron chi connectivity index (χ2n) is 4.38. The molecule has 1 amide bonds. The fraction of sp³-hybridized carbons (Fsp3) is 0.267. The predicted molar refractivity (Wildman–Crippen MR) is 78.4 cm³/mol. The van der Waals surface area contributed by atoms with E-state index in [-0.39, 0.29) is 5.91 Å². The summed E-state index contributed by atoms with van der Waals surface area (Å²) in [6, 6.07) is 11.7. The maximum atomic E-state index is 11.8. The van der Waals surface area contributed by atoms with E-state index in [0.717, 1.165) is 12.0 Å². The van der Waals surface area contributed by atoms with Crippen LogP contribution in [0.1, 0.15) is 29.4 Å². The minimum Gasteiger partial charge on any atom is -0.366 e. The fourth-order valence-electron chi connectivity index (χ4n) is 1.70. The maximum absolute atomic E-state index is 11.8. The summed E-state index contributed by atoms with van der Waals surface area (Å²) in [5.41, 5.74) is 1.53. The molecule has 0 unspecified atom stereocenters. The van der Waals surface area contributed by atoms with E-state index in [1.54, 1.807) is 6.07 Å². The Bertz CT molecular complexity index is 557. The van der Waals surface area contributed by atoms with Crippen molar-refractivity contribution in [3.63, 3.8) is 0 Å². The van der Waals surface area contributed by atoms with Gasteiger partial charge in [-0.15, -0.1) is 0 Å². The molecule has 0 aliphatic carbocycles. The molecule has 20 heavy (non-hydrogen) atoms. The minimum atomic E-state index is -0.169. The average molecular weight is 270 g/mol. The number of benzene rings is 1. The smallest absolute Gasteiger partial charge is 0.270 e. The summed E-state index contributed by atoms with van der Waals surface area (Å²) in [5.74, 6) is 0.475. The zero-order valence-electron chi connectivity index (χ0n) is 11.5. The van der Waals surface area contributed by atoms with E-state index in [1.807, 2.05) is 37.3 Å². The molecule has 0 radical (unpaired) electrons. The number of nitrogens with one attached hydrogen (secondary N) is 2. The Labute approximate surface area is 118 Å². The summed E-state index contributed by atoms with van der Waals surface area (Å²) in [4.78, 5) is 19.9. The summed E-state index contributed by atoms with van der Waals surface area (Å²) in [6.45, 7) is 3.32. The monoisotopic (exact) mass is 270 g/mol. The molecule has 0 saturated carbocycles. The average Bonchev–Trinajstić information content (AvgIpc) is 2.52. The van der Waals surface area contributed by atoms with Crippen molar-refractivity contribution < 1.29 is 4.79 Å². The van der Waals surface area contributed by atoms with Crippen molar-refractivity contribution >= 4 is 11.7 Å². The molecule has 0 atom stereocenters. The lowest BCUT2D eigenvalue weighted by Gasteiger charge is -2.07. The number of hydrogen-bond donors (Lipinski definition) is 2. The Kier molecular flexibility index (Phi) is 5.06. The van der Waals surface area contributed by atoms with Gasteiger partial charge in [-0.3, -0.25) is 4.79 Å². The SMILES string of the molecule is CCCNC(=O)c1cc(NCc2ccccc2)ncn1. The molecule has 0 saturated heterocycles. The van der Waals surface area contributed by atoms with E-state index < -0.39 is 0 Å². The third-order valence-electron chi connectivity index (χ3n) is 2.75. The molecule has 2 rings (SSSR count). The van der Waals surface area contributed by atoms with Crippen molar-refractivity contribution in [2.75, 3.05) is 11.9 Å². The van der Waals surface area contributed by atoms with E-state index in [0.29, 0.717) is 24.6 Å². The molecule has 0 aliphatic heterocycles. The van der Waals surface area contributed by atoms with E-state index in [9.17, 15) is 4.79 Å². The molecule has 5 nitrogen and oxygen atoms in total. The van der Waals surface area contributed by atoms with Crippen LogP contribution in [0.4, 0.5) is 5.82 Å². The number of carbonyl (C=O) groups excluding carboxylic acids is 1. The maximum Gasteiger partial charge on any atom is 0.270 e. The topological polar surface area (TPSA) is 66.9 Å². The van der Waals surface area contributed by atoms with E-state index >= 15 is 0 Å². The van der Waals surface area contributed by atoms with Crippen molar-refractivity contribution in [3.8, 4) is 0 Å². The van der Waals surface area contributed by atoms with E-state index in [4.69, 9.17) is 0 Å². The van der Waals surface area contributed by atoms with Crippen LogP contribution < -0.4 is 10.6 Å². The van der Waals surface area contributed by atoms with Gasteiger partial charge in [-0.2, -0.15) is 0 Å². The lowest BCUT2D eigenvalue weighted by molar-refractivity contribution is 0.0948. The van der Waals surface area contributed by atoms with Crippen LogP contribution >= 0.6 is 0 Å². The Balaban J connectivity index is 1.97. The molecule has 2 aromatic rings. The summed E-state index contributed by atoms with van der Waals surface area (Å²) in [7, 11) is 0. The van der Waals surface area contributed by atoms with Crippen LogP contribution in [0.15, 0.2) is 42.7 Å². The molecule has 0 fully saturated rings. The van der Waals surface area contributed by atoms with Crippen molar-refractivity contribution in [1.82, 2.24) is 15.3 Å². The summed E-state index contributed by atoms with van der Waals surface area (Å²) in [6.07, 6.45) is 2.30. The largest absolute Gasteiger partial charge is 0.366 e. The lowest BCUT2D eigenvalue weighted by atomic mass is 10.2. The molecular formula is C15H18N4O. The molecule has 1 heterocycles. The molecule has 104 valence electrons. The first-order valence-corrected chi connectivity index (χ1v) is 6.67. The van der Waals surface area contributed by atoms with Crippen molar-refractivity contribution in [2.45, 2.75) is 19.9 Å². The van der Waals surface area contributed by atoms with Crippen LogP contribution in [0.25, 0.3) is 0 Å². The van der Waals surface area contributed by atoms with Crippen LogP contribution in [0.5, 0.6) is 0 Å². The Morgan fingerprint density at radius 1 is 1.20 bits per heavy atom. The summed E-state index contributed by atoms with van der Waals surface area (Å²) in [5, 5.41) is 5.97. The first-order valence-electron chi connectivity index (χ1n) is 6.67. The van der Waals surface area contributed by atoms with Crippen LogP contribution in [-0.2, 0) is 6.54 Å². The van der Waals surface area contributed by atoms with Crippen molar-refractivity contribution in [1.29, 1.82) is 0 Å². The van der Waals surface area contributed by atoms with Crippen molar-refractivity contribution in [2.24, 2.45) is 0 Å². The molecule has 0 aliphatic rings. The summed E-state index contributed by atoms with van der Waals surface area (Å²) < 4.78 is 0. The normalized spacial score (nSPS) is 10.1. The number of amides is 1. The number of rotatable bonds is 6. The highest BCUT2D eigenvalue weighted by Gasteiger charge is 2.07. The number of hydrogen-bond acceptors (Lipinski definition) is 4. The Morgan fingerprint density at radius 3 is 2.75 bits per heavy atom. The zero-order valence-corrected chi connectivity index (χ0v) is 11.5. The van der Waals surface area contributed by atoms with Gasteiger partial charge in [0, 0.05) is 19.2 Å².